The lowest BCUT2D eigenvalue weighted by atomic mass is 10.0. The van der Waals surface area contributed by atoms with Crippen LogP contribution in [0.1, 0.15) is 32.6 Å². The van der Waals surface area contributed by atoms with E-state index in [0.29, 0.717) is 6.61 Å². The minimum atomic E-state index is -1.27. The number of nitrogens with zero attached hydrogens (tertiary/aromatic N) is 7. The number of hydrogen-bond acceptors (Lipinski definition) is 8. The van der Waals surface area contributed by atoms with Crippen LogP contribution in [0.2, 0.25) is 0 Å². The summed E-state index contributed by atoms with van der Waals surface area (Å²) in [5.41, 5.74) is 6.28. The number of unbranched alkanes of at least 4 members (excludes halogenated alkanes) is 2. The van der Waals surface area contributed by atoms with Crippen molar-refractivity contribution in [2.24, 2.45) is 36.6 Å². The summed E-state index contributed by atoms with van der Waals surface area (Å²) >= 11 is 0. The van der Waals surface area contributed by atoms with Crippen LogP contribution in [0.5, 0.6) is 0 Å². The Morgan fingerprint density at radius 1 is 1.20 bits per heavy atom. The number of rotatable bonds is 10. The maximum absolute atomic E-state index is 11.8. The topological polar surface area (TPSA) is 196 Å². The van der Waals surface area contributed by atoms with E-state index in [1.807, 2.05) is 6.92 Å². The van der Waals surface area contributed by atoms with E-state index in [9.17, 15) is 15.0 Å². The van der Waals surface area contributed by atoms with E-state index in [1.54, 1.807) is 0 Å². The summed E-state index contributed by atoms with van der Waals surface area (Å²) < 4.78 is 10.6. The van der Waals surface area contributed by atoms with E-state index >= 15 is 0 Å². The molecule has 0 aromatic heterocycles. The molecule has 25 heavy (non-hydrogen) atoms. The van der Waals surface area contributed by atoms with Gasteiger partial charge >= 0.3 is 5.97 Å². The third-order valence-corrected chi connectivity index (χ3v) is 3.09. The zero-order valence-corrected chi connectivity index (χ0v) is 13.5. The predicted molar refractivity (Wildman–Crippen MR) is 76.6 cm³/mol. The van der Waals surface area contributed by atoms with Gasteiger partial charge in [-0.1, -0.05) is 19.8 Å². The van der Waals surface area contributed by atoms with E-state index in [2.05, 4.69) is 41.5 Å². The fourth-order valence-corrected chi connectivity index (χ4v) is 1.89. The molecule has 0 aliphatic carbocycles. The molecule has 1 saturated heterocycles. The number of carbonyl (C=O) groups is 1. The molecule has 0 saturated carbocycles. The van der Waals surface area contributed by atoms with Crippen LogP contribution < -0.4 is 0 Å². The van der Waals surface area contributed by atoms with E-state index in [0.717, 1.165) is 19.3 Å². The number of hydrogen-bond donors (Lipinski definition) is 3. The Hall–Kier alpha value is -2.29. The van der Waals surface area contributed by atoms with Crippen LogP contribution in [-0.4, -0.2) is 47.4 Å². The molecule has 0 radical (unpaired) electrons. The Morgan fingerprint density at radius 2 is 1.92 bits per heavy atom. The highest BCUT2D eigenvalue weighted by Crippen LogP contribution is 2.22. The van der Waals surface area contributed by atoms with Crippen LogP contribution in [0, 0.1) is 5.53 Å². The smallest absolute Gasteiger partial charge is 0.365 e. The summed E-state index contributed by atoms with van der Waals surface area (Å²) in [6.07, 6.45) is -2.31. The van der Waals surface area contributed by atoms with Gasteiger partial charge in [-0.3, -0.25) is 4.84 Å². The third kappa shape index (κ3) is 7.88. The van der Waals surface area contributed by atoms with Crippen LogP contribution >= 0.6 is 0 Å². The molecule has 1 aliphatic rings. The fraction of sp³-hybridized carbons (Fsp3) is 0.909. The first kappa shape index (κ1) is 20.8. The highest BCUT2D eigenvalue weighted by Gasteiger charge is 2.41. The highest BCUT2D eigenvalue weighted by molar-refractivity contribution is 5.74. The van der Waals surface area contributed by atoms with Gasteiger partial charge in [0.2, 0.25) is 0 Å². The van der Waals surface area contributed by atoms with Gasteiger partial charge in [0, 0.05) is 28.7 Å². The van der Waals surface area contributed by atoms with Gasteiger partial charge in [0.05, 0.1) is 11.4 Å². The molecule has 1 fully saturated rings. The Balaban J connectivity index is 2.46. The van der Waals surface area contributed by atoms with Crippen molar-refractivity contribution in [2.75, 3.05) is 6.61 Å². The molecule has 14 heteroatoms. The number of nitrogens with one attached hydrogen (secondary N) is 1. The van der Waals surface area contributed by atoms with Crippen molar-refractivity contribution in [2.45, 2.75) is 57.2 Å². The number of carbonyl (C=O) groups excluding carboxylic acids is 1. The SMILES string of the molecule is CCCCCOC1OC(C(=O)ON=NN=NN=NN=N)CC(O)C1O. The summed E-state index contributed by atoms with van der Waals surface area (Å²) in [5, 5.41) is 39.8. The zero-order valence-electron chi connectivity index (χ0n) is 13.5. The average molecular weight is 360 g/mol. The van der Waals surface area contributed by atoms with E-state index in [-0.39, 0.29) is 6.42 Å². The number of aliphatic hydroxyl groups excluding tert-OH is 2. The summed E-state index contributed by atoms with van der Waals surface area (Å²) in [6, 6.07) is 0. The molecule has 1 heterocycles. The lowest BCUT2D eigenvalue weighted by molar-refractivity contribution is -0.267. The monoisotopic (exact) mass is 360 g/mol. The average Bonchev–Trinajstić information content (AvgIpc) is 2.61. The first-order valence-electron chi connectivity index (χ1n) is 7.51. The summed E-state index contributed by atoms with van der Waals surface area (Å²) in [7, 11) is 0. The summed E-state index contributed by atoms with van der Waals surface area (Å²) in [6.45, 7) is 2.35. The predicted octanol–water partition coefficient (Wildman–Crippen LogP) is 1.62. The standard InChI is InChI=1S/C11H20N8O6/c1-2-3-4-5-23-11-9(21)7(20)6-8(24-11)10(22)25-19-18-17-16-15-14-13-12/h7-9,11-12,20-21H,2-6H2,1H3. The third-order valence-electron chi connectivity index (χ3n) is 3.09. The highest BCUT2D eigenvalue weighted by atomic mass is 16.7. The van der Waals surface area contributed by atoms with Crippen molar-refractivity contribution in [3.63, 3.8) is 0 Å². The molecule has 3 N–H and O–H groups in total. The molecule has 0 bridgehead atoms. The molecule has 140 valence electrons. The Morgan fingerprint density at radius 3 is 2.64 bits per heavy atom. The zero-order chi connectivity index (χ0) is 18.5. The van der Waals surface area contributed by atoms with E-state index in [4.69, 9.17) is 15.0 Å². The van der Waals surface area contributed by atoms with Crippen LogP contribution in [-0.2, 0) is 19.1 Å². The van der Waals surface area contributed by atoms with Crippen molar-refractivity contribution < 1.29 is 29.3 Å². The molecule has 0 aromatic rings. The molecular formula is C11H20N8O6. The molecule has 14 nitrogen and oxygen atoms in total. The molecular weight excluding hydrogens is 340 g/mol. The maximum Gasteiger partial charge on any atom is 0.365 e. The van der Waals surface area contributed by atoms with Crippen LogP contribution in [0.3, 0.4) is 0 Å². The summed E-state index contributed by atoms with van der Waals surface area (Å²) in [5.74, 6) is -0.949. The second kappa shape index (κ2) is 12.1. The molecule has 0 amide bonds. The van der Waals surface area contributed by atoms with Gasteiger partial charge in [0.25, 0.3) is 0 Å². The lowest BCUT2D eigenvalue weighted by Gasteiger charge is -2.35. The van der Waals surface area contributed by atoms with Gasteiger partial charge in [-0.2, -0.15) is 5.53 Å². The number of ether oxygens (including phenoxy) is 2. The van der Waals surface area contributed by atoms with Gasteiger partial charge in [-0.05, 0) is 22.1 Å². The Labute approximate surface area is 142 Å². The van der Waals surface area contributed by atoms with Gasteiger partial charge in [0.15, 0.2) is 12.4 Å². The first-order chi connectivity index (χ1) is 12.1. The fourth-order valence-electron chi connectivity index (χ4n) is 1.89. The van der Waals surface area contributed by atoms with Crippen LogP contribution in [0.25, 0.3) is 0 Å². The second-order valence-corrected chi connectivity index (χ2v) is 4.90. The van der Waals surface area contributed by atoms with Gasteiger partial charge in [-0.15, -0.1) is 0 Å². The molecule has 0 spiro atoms. The molecule has 4 atom stereocenters. The van der Waals surface area contributed by atoms with Crippen molar-refractivity contribution in [3.05, 3.63) is 0 Å². The molecule has 0 aromatic carbocycles. The molecule has 1 rings (SSSR count). The summed E-state index contributed by atoms with van der Waals surface area (Å²) in [4.78, 5) is 16.2. The minimum Gasteiger partial charge on any atom is -0.390 e. The quantitative estimate of drug-likeness (QED) is 0.300. The first-order valence-corrected chi connectivity index (χ1v) is 7.51. The van der Waals surface area contributed by atoms with Crippen molar-refractivity contribution in [3.8, 4) is 0 Å². The Bertz CT molecular complexity index is 501. The second-order valence-electron chi connectivity index (χ2n) is 4.90. The largest absolute Gasteiger partial charge is 0.390 e. The van der Waals surface area contributed by atoms with Gasteiger partial charge in [0.1, 0.15) is 6.10 Å². The van der Waals surface area contributed by atoms with Gasteiger partial charge in [-0.25, -0.2) is 4.79 Å². The van der Waals surface area contributed by atoms with E-state index < -0.39 is 30.6 Å². The normalized spacial score (nSPS) is 27.3. The van der Waals surface area contributed by atoms with Crippen LogP contribution in [0.4, 0.5) is 0 Å². The van der Waals surface area contributed by atoms with Crippen molar-refractivity contribution in [1.82, 2.24) is 0 Å². The number of aliphatic hydroxyl groups is 2. The maximum atomic E-state index is 11.8. The van der Waals surface area contributed by atoms with Gasteiger partial charge < -0.3 is 19.7 Å². The minimum absolute atomic E-state index is 0.189. The van der Waals surface area contributed by atoms with Crippen molar-refractivity contribution >= 4 is 5.97 Å². The molecule has 1 aliphatic heterocycles. The molecule has 4 unspecified atom stereocenters. The Kier molecular flexibility index (Phi) is 10.1. The lowest BCUT2D eigenvalue weighted by Crippen LogP contribution is -2.51. The van der Waals surface area contributed by atoms with Crippen molar-refractivity contribution in [1.29, 1.82) is 5.53 Å². The van der Waals surface area contributed by atoms with E-state index in [1.165, 1.54) is 0 Å². The van der Waals surface area contributed by atoms with Crippen LogP contribution in [0.15, 0.2) is 36.6 Å².